The van der Waals surface area contributed by atoms with Crippen LogP contribution in [0.2, 0.25) is 0 Å². The number of amides is 1. The van der Waals surface area contributed by atoms with Crippen LogP contribution in [-0.4, -0.2) is 35.7 Å². The van der Waals surface area contributed by atoms with E-state index in [9.17, 15) is 9.59 Å². The van der Waals surface area contributed by atoms with Crippen LogP contribution in [0.4, 0.5) is 5.69 Å². The van der Waals surface area contributed by atoms with Gasteiger partial charge in [0.25, 0.3) is 0 Å². The van der Waals surface area contributed by atoms with Gasteiger partial charge in [-0.1, -0.05) is 13.8 Å². The molecular weight excluding hydrogens is 276 g/mol. The van der Waals surface area contributed by atoms with Crippen LogP contribution in [0.5, 0.6) is 0 Å². The van der Waals surface area contributed by atoms with Crippen LogP contribution in [-0.2, 0) is 4.79 Å². The Balaban J connectivity index is 1.97. The molecule has 0 spiro atoms. The van der Waals surface area contributed by atoms with E-state index in [2.05, 4.69) is 24.1 Å². The lowest BCUT2D eigenvalue weighted by Gasteiger charge is -2.38. The van der Waals surface area contributed by atoms with Gasteiger partial charge in [-0.15, -0.1) is 0 Å². The predicted octanol–water partition coefficient (Wildman–Crippen LogP) is 3.19. The van der Waals surface area contributed by atoms with Crippen molar-refractivity contribution in [2.45, 2.75) is 40.2 Å². The Morgan fingerprint density at radius 3 is 2.18 bits per heavy atom. The summed E-state index contributed by atoms with van der Waals surface area (Å²) in [5.41, 5.74) is 1.39. The Kier molecular flexibility index (Phi) is 5.35. The highest BCUT2D eigenvalue weighted by Crippen LogP contribution is 2.23. The van der Waals surface area contributed by atoms with Gasteiger partial charge >= 0.3 is 0 Å². The predicted molar refractivity (Wildman–Crippen MR) is 89.1 cm³/mol. The number of piperidine rings is 1. The summed E-state index contributed by atoms with van der Waals surface area (Å²) in [6, 6.07) is 6.91. The summed E-state index contributed by atoms with van der Waals surface area (Å²) in [6.07, 6.45) is 1.23. The van der Waals surface area contributed by atoms with Crippen LogP contribution in [0.15, 0.2) is 24.3 Å². The lowest BCUT2D eigenvalue weighted by atomic mass is 9.91. The fourth-order valence-corrected chi connectivity index (χ4v) is 3.23. The minimum absolute atomic E-state index is 0.0110. The highest BCUT2D eigenvalue weighted by Gasteiger charge is 2.28. The van der Waals surface area contributed by atoms with Gasteiger partial charge in [-0.2, -0.15) is 0 Å². The van der Waals surface area contributed by atoms with E-state index in [0.717, 1.165) is 18.8 Å². The summed E-state index contributed by atoms with van der Waals surface area (Å²) in [4.78, 5) is 25.9. The highest BCUT2D eigenvalue weighted by molar-refractivity contribution is 5.96. The number of hydrogen-bond donors (Lipinski definition) is 1. The molecule has 1 amide bonds. The molecule has 1 aromatic rings. The number of carbonyl (C=O) groups excluding carboxylic acids is 2. The highest BCUT2D eigenvalue weighted by atomic mass is 16.2. The molecule has 4 heteroatoms. The summed E-state index contributed by atoms with van der Waals surface area (Å²) in [7, 11) is 0. The average molecular weight is 302 g/mol. The van der Waals surface area contributed by atoms with E-state index in [1.54, 1.807) is 24.3 Å². The number of Topliss-reactive ketones (excluding diaryl/α,β-unsaturated/α-hetero) is 1. The maximum atomic E-state index is 12.4. The van der Waals surface area contributed by atoms with Gasteiger partial charge in [-0.3, -0.25) is 14.5 Å². The van der Waals surface area contributed by atoms with Crippen LogP contribution in [0.3, 0.4) is 0 Å². The molecule has 1 saturated heterocycles. The third kappa shape index (κ3) is 4.17. The summed E-state index contributed by atoms with van der Waals surface area (Å²) < 4.78 is 0. The summed E-state index contributed by atoms with van der Waals surface area (Å²) in [5.74, 6) is 1.31. The lowest BCUT2D eigenvalue weighted by Crippen LogP contribution is -2.48. The van der Waals surface area contributed by atoms with E-state index in [1.165, 1.54) is 13.3 Å². The van der Waals surface area contributed by atoms with E-state index in [4.69, 9.17) is 0 Å². The lowest BCUT2D eigenvalue weighted by molar-refractivity contribution is -0.121. The van der Waals surface area contributed by atoms with Crippen LogP contribution in [0.25, 0.3) is 0 Å². The number of carbonyl (C=O) groups is 2. The molecule has 3 atom stereocenters. The number of nitrogens with one attached hydrogen (secondary N) is 1. The first-order valence-corrected chi connectivity index (χ1v) is 8.02. The third-order valence-corrected chi connectivity index (χ3v) is 4.38. The molecule has 1 aliphatic heterocycles. The normalized spacial score (nSPS) is 23.8. The summed E-state index contributed by atoms with van der Waals surface area (Å²) in [5, 5.41) is 2.94. The van der Waals surface area contributed by atoms with E-state index >= 15 is 0 Å². The number of anilines is 1. The van der Waals surface area contributed by atoms with Crippen molar-refractivity contribution in [2.24, 2.45) is 11.8 Å². The quantitative estimate of drug-likeness (QED) is 0.869. The van der Waals surface area contributed by atoms with Gasteiger partial charge in [0.1, 0.15) is 0 Å². The van der Waals surface area contributed by atoms with Gasteiger partial charge in [0.05, 0.1) is 6.04 Å². The Bertz CT molecular complexity index is 529. The number of rotatable bonds is 4. The van der Waals surface area contributed by atoms with Crippen LogP contribution < -0.4 is 5.32 Å². The maximum Gasteiger partial charge on any atom is 0.241 e. The molecule has 22 heavy (non-hydrogen) atoms. The van der Waals surface area contributed by atoms with Crippen LogP contribution in [0, 0.1) is 11.8 Å². The van der Waals surface area contributed by atoms with Gasteiger partial charge in [0, 0.05) is 24.3 Å². The van der Waals surface area contributed by atoms with Gasteiger partial charge in [0.15, 0.2) is 5.78 Å². The van der Waals surface area contributed by atoms with E-state index < -0.39 is 0 Å². The molecule has 0 radical (unpaired) electrons. The SMILES string of the molecule is CC(=O)c1ccc(NC(=O)[C@H](C)N2C[C@H](C)C[C@@H](C)C2)cc1. The Labute approximate surface area is 132 Å². The number of ketones is 1. The Morgan fingerprint density at radius 1 is 1.14 bits per heavy atom. The van der Waals surface area contributed by atoms with Gasteiger partial charge in [-0.05, 0) is 56.4 Å². The zero-order valence-electron chi connectivity index (χ0n) is 13.9. The van der Waals surface area contributed by atoms with E-state index in [0.29, 0.717) is 17.4 Å². The smallest absolute Gasteiger partial charge is 0.241 e. The largest absolute Gasteiger partial charge is 0.325 e. The van der Waals surface area contributed by atoms with Gasteiger partial charge in [-0.25, -0.2) is 0 Å². The molecule has 1 aromatic carbocycles. The van der Waals surface area contributed by atoms with Crippen molar-refractivity contribution in [2.75, 3.05) is 18.4 Å². The first-order valence-electron chi connectivity index (χ1n) is 8.02. The third-order valence-electron chi connectivity index (χ3n) is 4.38. The molecule has 1 N–H and O–H groups in total. The molecule has 1 aliphatic rings. The Hall–Kier alpha value is -1.68. The van der Waals surface area contributed by atoms with Crippen molar-refractivity contribution in [1.82, 2.24) is 4.90 Å². The second kappa shape index (κ2) is 7.05. The van der Waals surface area contributed by atoms with Gasteiger partial charge in [0.2, 0.25) is 5.91 Å². The van der Waals surface area contributed by atoms with Crippen molar-refractivity contribution in [3.63, 3.8) is 0 Å². The second-order valence-corrected chi connectivity index (χ2v) is 6.70. The number of hydrogen-bond acceptors (Lipinski definition) is 3. The number of likely N-dealkylation sites (tertiary alicyclic amines) is 1. The molecule has 4 nitrogen and oxygen atoms in total. The van der Waals surface area contributed by atoms with Crippen molar-refractivity contribution in [1.29, 1.82) is 0 Å². The Morgan fingerprint density at radius 2 is 1.68 bits per heavy atom. The van der Waals surface area contributed by atoms with E-state index in [1.807, 2.05) is 6.92 Å². The first-order chi connectivity index (χ1) is 10.4. The zero-order valence-corrected chi connectivity index (χ0v) is 13.9. The topological polar surface area (TPSA) is 49.4 Å². The zero-order chi connectivity index (χ0) is 16.3. The van der Waals surface area contributed by atoms with Crippen molar-refractivity contribution in [3.8, 4) is 0 Å². The molecule has 1 heterocycles. The fraction of sp³-hybridized carbons (Fsp3) is 0.556. The molecule has 2 rings (SSSR count). The minimum atomic E-state index is -0.141. The molecule has 120 valence electrons. The molecule has 1 fully saturated rings. The maximum absolute atomic E-state index is 12.4. The van der Waals surface area contributed by atoms with E-state index in [-0.39, 0.29) is 17.7 Å². The standard InChI is InChI=1S/C18H26N2O2/c1-12-9-13(2)11-20(10-12)14(3)18(22)19-17-7-5-16(6-8-17)15(4)21/h5-8,12-14H,9-11H2,1-4H3,(H,19,22)/t12-,13-,14+/m1/s1. The van der Waals surface area contributed by atoms with Crippen molar-refractivity contribution in [3.05, 3.63) is 29.8 Å². The molecule has 0 bridgehead atoms. The molecule has 0 aromatic heterocycles. The average Bonchev–Trinajstić information content (AvgIpc) is 2.46. The van der Waals surface area contributed by atoms with Crippen molar-refractivity contribution >= 4 is 17.4 Å². The monoisotopic (exact) mass is 302 g/mol. The summed E-state index contributed by atoms with van der Waals surface area (Å²) in [6.45, 7) is 9.93. The van der Waals surface area contributed by atoms with Crippen molar-refractivity contribution < 1.29 is 9.59 Å². The molecular formula is C18H26N2O2. The molecule has 0 aliphatic carbocycles. The number of nitrogens with zero attached hydrogens (tertiary/aromatic N) is 1. The second-order valence-electron chi connectivity index (χ2n) is 6.70. The fourth-order valence-electron chi connectivity index (χ4n) is 3.23. The minimum Gasteiger partial charge on any atom is -0.325 e. The van der Waals surface area contributed by atoms with Crippen LogP contribution >= 0.6 is 0 Å². The molecule has 0 unspecified atom stereocenters. The first kappa shape index (κ1) is 16.7. The summed E-state index contributed by atoms with van der Waals surface area (Å²) >= 11 is 0. The van der Waals surface area contributed by atoms with Crippen LogP contribution in [0.1, 0.15) is 44.5 Å². The molecule has 0 saturated carbocycles. The number of benzene rings is 1. The van der Waals surface area contributed by atoms with Gasteiger partial charge < -0.3 is 5.32 Å².